The predicted octanol–water partition coefficient (Wildman–Crippen LogP) is 1.07. The summed E-state index contributed by atoms with van der Waals surface area (Å²) in [5.74, 6) is 0. The van der Waals surface area contributed by atoms with Crippen molar-refractivity contribution in [2.75, 3.05) is 13.6 Å². The van der Waals surface area contributed by atoms with Crippen LogP contribution in [0.15, 0.2) is 35.5 Å². The Labute approximate surface area is 101 Å². The highest BCUT2D eigenvalue weighted by atomic mass is 16.3. The Balaban J connectivity index is 1.86. The summed E-state index contributed by atoms with van der Waals surface area (Å²) in [6.45, 7) is 3.14. The van der Waals surface area contributed by atoms with Gasteiger partial charge in [0, 0.05) is 37.9 Å². The summed E-state index contributed by atoms with van der Waals surface area (Å²) in [5, 5.41) is 0. The summed E-state index contributed by atoms with van der Waals surface area (Å²) in [7, 11) is 2.06. The molecule has 5 heteroatoms. The molecule has 0 amide bonds. The molecule has 0 fully saturated rings. The Bertz CT molecular complexity index is 435. The van der Waals surface area contributed by atoms with Crippen molar-refractivity contribution in [3.05, 3.63) is 42.4 Å². The van der Waals surface area contributed by atoms with E-state index >= 15 is 0 Å². The normalized spacial score (nSPS) is 11.2. The molecule has 0 aliphatic heterocycles. The average Bonchev–Trinajstić information content (AvgIpc) is 2.91. The Morgan fingerprint density at radius 2 is 2.35 bits per heavy atom. The van der Waals surface area contributed by atoms with Crippen LogP contribution in [0.4, 0.5) is 0 Å². The van der Waals surface area contributed by atoms with Crippen LogP contribution in [0.3, 0.4) is 0 Å². The summed E-state index contributed by atoms with van der Waals surface area (Å²) in [5.41, 5.74) is 7.73. The van der Waals surface area contributed by atoms with E-state index in [-0.39, 0.29) is 0 Å². The van der Waals surface area contributed by atoms with Gasteiger partial charge in [-0.1, -0.05) is 0 Å². The zero-order valence-electron chi connectivity index (χ0n) is 10.0. The Hall–Kier alpha value is -1.59. The van der Waals surface area contributed by atoms with Crippen LogP contribution in [-0.4, -0.2) is 28.0 Å². The molecule has 0 saturated heterocycles. The van der Waals surface area contributed by atoms with Gasteiger partial charge in [-0.05, 0) is 13.1 Å². The van der Waals surface area contributed by atoms with Gasteiger partial charge in [-0.25, -0.2) is 4.98 Å². The van der Waals surface area contributed by atoms with Crippen molar-refractivity contribution in [2.45, 2.75) is 19.6 Å². The van der Waals surface area contributed by atoms with E-state index in [2.05, 4.69) is 16.9 Å². The van der Waals surface area contributed by atoms with E-state index in [0.29, 0.717) is 6.54 Å². The summed E-state index contributed by atoms with van der Waals surface area (Å²) >= 11 is 0. The van der Waals surface area contributed by atoms with E-state index in [0.717, 1.165) is 25.3 Å². The molecule has 0 atom stereocenters. The van der Waals surface area contributed by atoms with Crippen LogP contribution >= 0.6 is 0 Å². The maximum absolute atomic E-state index is 5.49. The van der Waals surface area contributed by atoms with Crippen molar-refractivity contribution >= 4 is 0 Å². The minimum Gasteiger partial charge on any atom is -0.472 e. The largest absolute Gasteiger partial charge is 0.472 e. The van der Waals surface area contributed by atoms with Gasteiger partial charge in [0.25, 0.3) is 0 Å². The molecule has 0 saturated carbocycles. The lowest BCUT2D eigenvalue weighted by Gasteiger charge is -2.13. The lowest BCUT2D eigenvalue weighted by atomic mass is 10.3. The number of nitrogens with zero attached hydrogens (tertiary/aromatic N) is 3. The fourth-order valence-electron chi connectivity index (χ4n) is 1.79. The number of furan rings is 1. The predicted molar refractivity (Wildman–Crippen MR) is 65.2 cm³/mol. The van der Waals surface area contributed by atoms with Crippen LogP contribution in [0.25, 0.3) is 0 Å². The Kier molecular flexibility index (Phi) is 3.95. The highest BCUT2D eigenvalue weighted by Gasteiger charge is 2.05. The molecule has 92 valence electrons. The number of imidazole rings is 1. The van der Waals surface area contributed by atoms with Crippen molar-refractivity contribution in [1.82, 2.24) is 14.5 Å². The first-order valence-electron chi connectivity index (χ1n) is 5.68. The number of aromatic nitrogens is 2. The minimum absolute atomic E-state index is 0.640. The number of hydrogen-bond acceptors (Lipinski definition) is 4. The van der Waals surface area contributed by atoms with Gasteiger partial charge in [-0.15, -0.1) is 0 Å². The first kappa shape index (κ1) is 11.9. The maximum Gasteiger partial charge on any atom is 0.0950 e. The van der Waals surface area contributed by atoms with Crippen LogP contribution in [0.2, 0.25) is 0 Å². The molecule has 0 unspecified atom stereocenters. The van der Waals surface area contributed by atoms with Gasteiger partial charge in [-0.2, -0.15) is 0 Å². The summed E-state index contributed by atoms with van der Waals surface area (Å²) in [4.78, 5) is 6.54. The molecule has 0 aliphatic carbocycles. The molecule has 0 bridgehead atoms. The molecule has 2 aromatic heterocycles. The molecular weight excluding hydrogens is 216 g/mol. The highest BCUT2D eigenvalue weighted by Crippen LogP contribution is 2.07. The number of nitrogens with two attached hydrogens (primary N) is 1. The first-order valence-corrected chi connectivity index (χ1v) is 5.68. The Morgan fingerprint density at radius 1 is 1.47 bits per heavy atom. The van der Waals surface area contributed by atoms with Crippen LogP contribution < -0.4 is 5.73 Å². The van der Waals surface area contributed by atoms with Gasteiger partial charge >= 0.3 is 0 Å². The second-order valence-corrected chi connectivity index (χ2v) is 4.20. The third kappa shape index (κ3) is 3.44. The van der Waals surface area contributed by atoms with Crippen LogP contribution in [0.5, 0.6) is 0 Å². The quantitative estimate of drug-likeness (QED) is 0.812. The maximum atomic E-state index is 5.49. The van der Waals surface area contributed by atoms with Gasteiger partial charge in [0.2, 0.25) is 0 Å². The van der Waals surface area contributed by atoms with E-state index < -0.39 is 0 Å². The molecule has 0 aliphatic rings. The average molecular weight is 234 g/mol. The lowest BCUT2D eigenvalue weighted by molar-refractivity contribution is 0.314. The van der Waals surface area contributed by atoms with E-state index in [1.54, 1.807) is 12.5 Å². The molecule has 2 rings (SSSR count). The molecule has 2 heterocycles. The molecular formula is C12H18N4O. The minimum atomic E-state index is 0.640. The van der Waals surface area contributed by atoms with Crippen LogP contribution in [-0.2, 0) is 19.6 Å². The summed E-state index contributed by atoms with van der Waals surface area (Å²) in [6, 6.07) is 1.98. The fraction of sp³-hybridized carbons (Fsp3) is 0.417. The first-order chi connectivity index (χ1) is 8.28. The third-order valence-corrected chi connectivity index (χ3v) is 2.54. The van der Waals surface area contributed by atoms with Gasteiger partial charge in [0.1, 0.15) is 0 Å². The van der Waals surface area contributed by atoms with Crippen LogP contribution in [0, 0.1) is 0 Å². The Morgan fingerprint density at radius 3 is 3.06 bits per heavy atom. The highest BCUT2D eigenvalue weighted by molar-refractivity contribution is 5.05. The van der Waals surface area contributed by atoms with Gasteiger partial charge in [-0.3, -0.25) is 4.90 Å². The van der Waals surface area contributed by atoms with Gasteiger partial charge in [0.15, 0.2) is 0 Å². The second kappa shape index (κ2) is 5.65. The van der Waals surface area contributed by atoms with E-state index in [1.807, 2.05) is 23.2 Å². The van der Waals surface area contributed by atoms with Crippen molar-refractivity contribution in [3.8, 4) is 0 Å². The molecule has 2 N–H and O–H groups in total. The molecule has 0 aromatic carbocycles. The van der Waals surface area contributed by atoms with E-state index in [1.165, 1.54) is 5.56 Å². The van der Waals surface area contributed by atoms with Crippen molar-refractivity contribution in [1.29, 1.82) is 0 Å². The molecule has 0 radical (unpaired) electrons. The topological polar surface area (TPSA) is 60.2 Å². The monoisotopic (exact) mass is 234 g/mol. The lowest BCUT2D eigenvalue weighted by Crippen LogP contribution is -2.17. The SMILES string of the molecule is CN(Cc1ccoc1)Cc1cn(CCN)cn1. The van der Waals surface area contributed by atoms with E-state index in [9.17, 15) is 0 Å². The van der Waals surface area contributed by atoms with Crippen molar-refractivity contribution < 1.29 is 4.42 Å². The van der Waals surface area contributed by atoms with Crippen LogP contribution in [0.1, 0.15) is 11.3 Å². The molecule has 17 heavy (non-hydrogen) atoms. The smallest absolute Gasteiger partial charge is 0.0950 e. The standard InChI is InChI=1S/C12H18N4O/c1-15(6-11-2-5-17-9-11)7-12-8-16(4-3-13)10-14-12/h2,5,8-10H,3-4,6-7,13H2,1H3. The summed E-state index contributed by atoms with van der Waals surface area (Å²) < 4.78 is 7.06. The summed E-state index contributed by atoms with van der Waals surface area (Å²) in [6.07, 6.45) is 7.33. The molecule has 0 spiro atoms. The zero-order chi connectivity index (χ0) is 12.1. The van der Waals surface area contributed by atoms with E-state index in [4.69, 9.17) is 10.2 Å². The number of hydrogen-bond donors (Lipinski definition) is 1. The van der Waals surface area contributed by atoms with Gasteiger partial charge in [0.05, 0.1) is 24.5 Å². The number of rotatable bonds is 6. The third-order valence-electron chi connectivity index (χ3n) is 2.54. The second-order valence-electron chi connectivity index (χ2n) is 4.20. The zero-order valence-corrected chi connectivity index (χ0v) is 10.0. The fourth-order valence-corrected chi connectivity index (χ4v) is 1.79. The molecule has 5 nitrogen and oxygen atoms in total. The van der Waals surface area contributed by atoms with Crippen molar-refractivity contribution in [3.63, 3.8) is 0 Å². The van der Waals surface area contributed by atoms with Gasteiger partial charge < -0.3 is 14.7 Å². The molecule has 2 aromatic rings. The van der Waals surface area contributed by atoms with Crippen molar-refractivity contribution in [2.24, 2.45) is 5.73 Å².